The lowest BCUT2D eigenvalue weighted by Gasteiger charge is -2.23. The molecule has 1 aliphatic rings. The van der Waals surface area contributed by atoms with Crippen LogP contribution < -0.4 is 4.74 Å². The molecule has 1 aliphatic heterocycles. The van der Waals surface area contributed by atoms with Crippen molar-refractivity contribution in [3.63, 3.8) is 0 Å². The SMILES string of the molecule is Fc1ccc(OCCc2cc([C@@H]3CCCN3Cc3ccc4nccnc4c3)n[nH]2)cc1. The summed E-state index contributed by atoms with van der Waals surface area (Å²) in [6.07, 6.45) is 6.44. The summed E-state index contributed by atoms with van der Waals surface area (Å²) in [6.45, 7) is 2.44. The number of benzene rings is 2. The maximum Gasteiger partial charge on any atom is 0.123 e. The van der Waals surface area contributed by atoms with E-state index in [1.807, 2.05) is 6.07 Å². The van der Waals surface area contributed by atoms with E-state index in [0.717, 1.165) is 54.8 Å². The summed E-state index contributed by atoms with van der Waals surface area (Å²) in [7, 11) is 0. The molecule has 0 unspecified atom stereocenters. The largest absolute Gasteiger partial charge is 0.493 e. The predicted octanol–water partition coefficient (Wildman–Crippen LogP) is 4.45. The van der Waals surface area contributed by atoms with Crippen LogP contribution in [0.1, 0.15) is 35.8 Å². The Morgan fingerprint density at radius 2 is 1.87 bits per heavy atom. The second-order valence-electron chi connectivity index (χ2n) is 7.88. The van der Waals surface area contributed by atoms with E-state index in [4.69, 9.17) is 4.74 Å². The Balaban J connectivity index is 1.21. The van der Waals surface area contributed by atoms with Crippen LogP contribution in [0.4, 0.5) is 4.39 Å². The maximum atomic E-state index is 13.0. The summed E-state index contributed by atoms with van der Waals surface area (Å²) >= 11 is 0. The summed E-state index contributed by atoms with van der Waals surface area (Å²) in [4.78, 5) is 11.3. The van der Waals surface area contributed by atoms with Gasteiger partial charge in [0.1, 0.15) is 11.6 Å². The van der Waals surface area contributed by atoms with Crippen LogP contribution in [-0.2, 0) is 13.0 Å². The van der Waals surface area contributed by atoms with Crippen LogP contribution >= 0.6 is 0 Å². The number of halogens is 1. The summed E-state index contributed by atoms with van der Waals surface area (Å²) in [5.41, 5.74) is 5.21. The van der Waals surface area contributed by atoms with E-state index in [9.17, 15) is 4.39 Å². The smallest absolute Gasteiger partial charge is 0.123 e. The summed E-state index contributed by atoms with van der Waals surface area (Å²) in [5, 5.41) is 7.73. The van der Waals surface area contributed by atoms with Gasteiger partial charge < -0.3 is 4.74 Å². The molecule has 1 atom stereocenters. The van der Waals surface area contributed by atoms with Gasteiger partial charge in [0.05, 0.1) is 29.4 Å². The summed E-state index contributed by atoms with van der Waals surface area (Å²) in [5.74, 6) is 0.409. The Labute approximate surface area is 180 Å². The van der Waals surface area contributed by atoms with Crippen LogP contribution in [0.25, 0.3) is 11.0 Å². The van der Waals surface area contributed by atoms with E-state index in [0.29, 0.717) is 18.4 Å². The standard InChI is InChI=1S/C24H24FN5O/c25-18-4-6-20(7-5-18)31-13-9-19-15-23(29-28-19)24-2-1-12-30(24)16-17-3-8-21-22(14-17)27-11-10-26-21/h3-8,10-11,14-15,24H,1-2,9,12-13,16H2,(H,28,29)/t24-/m0/s1. The van der Waals surface area contributed by atoms with Crippen molar-refractivity contribution in [1.82, 2.24) is 25.1 Å². The van der Waals surface area contributed by atoms with Gasteiger partial charge in [-0.3, -0.25) is 20.0 Å². The first-order valence-corrected chi connectivity index (χ1v) is 10.6. The molecule has 3 heterocycles. The Kier molecular flexibility index (Phi) is 5.58. The monoisotopic (exact) mass is 417 g/mol. The average Bonchev–Trinajstić information content (AvgIpc) is 3.44. The second-order valence-corrected chi connectivity index (χ2v) is 7.88. The maximum absolute atomic E-state index is 13.0. The third-order valence-electron chi connectivity index (χ3n) is 5.73. The van der Waals surface area contributed by atoms with Crippen LogP contribution in [0.5, 0.6) is 5.75 Å². The lowest BCUT2D eigenvalue weighted by atomic mass is 10.1. The number of fused-ring (bicyclic) bond motifs is 1. The lowest BCUT2D eigenvalue weighted by Crippen LogP contribution is -2.23. The van der Waals surface area contributed by atoms with Crippen molar-refractivity contribution >= 4 is 11.0 Å². The van der Waals surface area contributed by atoms with Crippen molar-refractivity contribution in [2.24, 2.45) is 0 Å². The molecule has 1 fully saturated rings. The number of H-pyrrole nitrogens is 1. The van der Waals surface area contributed by atoms with Crippen molar-refractivity contribution in [1.29, 1.82) is 0 Å². The molecule has 158 valence electrons. The Bertz CT molecular complexity index is 1160. The average molecular weight is 417 g/mol. The molecule has 1 saturated heterocycles. The van der Waals surface area contributed by atoms with Crippen molar-refractivity contribution in [2.75, 3.05) is 13.2 Å². The van der Waals surface area contributed by atoms with Gasteiger partial charge in [0.25, 0.3) is 0 Å². The third kappa shape index (κ3) is 4.56. The van der Waals surface area contributed by atoms with Crippen LogP contribution in [0.2, 0.25) is 0 Å². The number of likely N-dealkylation sites (tertiary alicyclic amines) is 1. The van der Waals surface area contributed by atoms with E-state index in [1.165, 1.54) is 17.7 Å². The highest BCUT2D eigenvalue weighted by Gasteiger charge is 2.28. The molecular weight excluding hydrogens is 393 g/mol. The number of rotatable bonds is 7. The lowest BCUT2D eigenvalue weighted by molar-refractivity contribution is 0.244. The summed E-state index contributed by atoms with van der Waals surface area (Å²) < 4.78 is 18.7. The zero-order valence-electron chi connectivity index (χ0n) is 17.2. The molecule has 0 spiro atoms. The van der Waals surface area contributed by atoms with Crippen LogP contribution in [0, 0.1) is 5.82 Å². The number of nitrogens with one attached hydrogen (secondary N) is 1. The molecular formula is C24H24FN5O. The fraction of sp³-hybridized carbons (Fsp3) is 0.292. The highest BCUT2D eigenvalue weighted by Crippen LogP contribution is 2.32. The van der Waals surface area contributed by atoms with E-state index in [-0.39, 0.29) is 5.82 Å². The zero-order valence-corrected chi connectivity index (χ0v) is 17.2. The molecule has 0 aliphatic carbocycles. The predicted molar refractivity (Wildman–Crippen MR) is 116 cm³/mol. The molecule has 0 saturated carbocycles. The molecule has 5 rings (SSSR count). The molecule has 0 bridgehead atoms. The van der Waals surface area contributed by atoms with Gasteiger partial charge in [-0.2, -0.15) is 5.10 Å². The van der Waals surface area contributed by atoms with Gasteiger partial charge in [-0.25, -0.2) is 4.39 Å². The highest BCUT2D eigenvalue weighted by molar-refractivity contribution is 5.74. The highest BCUT2D eigenvalue weighted by atomic mass is 19.1. The molecule has 0 radical (unpaired) electrons. The fourth-order valence-corrected chi connectivity index (χ4v) is 4.18. The normalized spacial score (nSPS) is 16.7. The number of ether oxygens (including phenoxy) is 1. The van der Waals surface area contributed by atoms with Gasteiger partial charge in [0.15, 0.2) is 0 Å². The van der Waals surface area contributed by atoms with E-state index in [2.05, 4.69) is 43.3 Å². The van der Waals surface area contributed by atoms with Crippen LogP contribution in [-0.4, -0.2) is 38.2 Å². The van der Waals surface area contributed by atoms with Crippen molar-refractivity contribution < 1.29 is 9.13 Å². The number of hydrogen-bond acceptors (Lipinski definition) is 5. The van der Waals surface area contributed by atoms with Gasteiger partial charge >= 0.3 is 0 Å². The molecule has 0 amide bonds. The van der Waals surface area contributed by atoms with Gasteiger partial charge in [0.2, 0.25) is 0 Å². The second kappa shape index (κ2) is 8.81. The molecule has 2 aromatic carbocycles. The minimum atomic E-state index is -0.261. The first kappa shape index (κ1) is 19.6. The van der Waals surface area contributed by atoms with E-state index < -0.39 is 0 Å². The number of hydrogen-bond donors (Lipinski definition) is 1. The molecule has 31 heavy (non-hydrogen) atoms. The van der Waals surface area contributed by atoms with Crippen molar-refractivity contribution in [3.05, 3.63) is 83.7 Å². The van der Waals surface area contributed by atoms with E-state index in [1.54, 1.807) is 24.5 Å². The van der Waals surface area contributed by atoms with Crippen molar-refractivity contribution in [2.45, 2.75) is 31.8 Å². The quantitative estimate of drug-likeness (QED) is 0.481. The number of nitrogens with zero attached hydrogens (tertiary/aromatic N) is 4. The van der Waals surface area contributed by atoms with Crippen LogP contribution in [0.15, 0.2) is 60.9 Å². The molecule has 2 aromatic heterocycles. The summed E-state index contributed by atoms with van der Waals surface area (Å²) in [6, 6.07) is 14.8. The number of aromatic amines is 1. The van der Waals surface area contributed by atoms with Gasteiger partial charge in [-0.15, -0.1) is 0 Å². The third-order valence-corrected chi connectivity index (χ3v) is 5.73. The molecule has 7 heteroatoms. The first-order chi connectivity index (χ1) is 15.2. The molecule has 6 nitrogen and oxygen atoms in total. The Morgan fingerprint density at radius 3 is 2.74 bits per heavy atom. The van der Waals surface area contributed by atoms with E-state index >= 15 is 0 Å². The Morgan fingerprint density at radius 1 is 1.03 bits per heavy atom. The first-order valence-electron chi connectivity index (χ1n) is 10.6. The van der Waals surface area contributed by atoms with Crippen molar-refractivity contribution in [3.8, 4) is 5.75 Å². The van der Waals surface area contributed by atoms with Gasteiger partial charge in [0, 0.05) is 31.1 Å². The molecule has 1 N–H and O–H groups in total. The fourth-order valence-electron chi connectivity index (χ4n) is 4.18. The zero-order chi connectivity index (χ0) is 21.0. The van der Waals surface area contributed by atoms with Crippen LogP contribution in [0.3, 0.4) is 0 Å². The van der Waals surface area contributed by atoms with Gasteiger partial charge in [-0.1, -0.05) is 6.07 Å². The topological polar surface area (TPSA) is 66.9 Å². The number of aromatic nitrogens is 4. The van der Waals surface area contributed by atoms with Gasteiger partial charge in [-0.05, 0) is 67.4 Å². The Hall–Kier alpha value is -3.32. The minimum Gasteiger partial charge on any atom is -0.493 e. The molecule has 4 aromatic rings. The minimum absolute atomic E-state index is 0.261.